The number of hydrogen-bond donors (Lipinski definition) is 1. The number of carbonyl (C=O) groups excluding carboxylic acids is 1. The van der Waals surface area contributed by atoms with E-state index in [0.29, 0.717) is 6.42 Å². The van der Waals surface area contributed by atoms with Crippen molar-refractivity contribution in [3.63, 3.8) is 0 Å². The van der Waals surface area contributed by atoms with E-state index >= 15 is 0 Å². The summed E-state index contributed by atoms with van der Waals surface area (Å²) in [5, 5.41) is 3.26. The quantitative estimate of drug-likeness (QED) is 0.726. The van der Waals surface area contributed by atoms with Crippen molar-refractivity contribution in [2.45, 2.75) is 50.5 Å². The molecule has 1 aliphatic heterocycles. The second kappa shape index (κ2) is 5.50. The first-order valence-electron chi connectivity index (χ1n) is 6.56. The molecule has 0 aromatic heterocycles. The predicted molar refractivity (Wildman–Crippen MR) is 66.6 cm³/mol. The van der Waals surface area contributed by atoms with Crippen molar-refractivity contribution in [2.75, 3.05) is 0 Å². The summed E-state index contributed by atoms with van der Waals surface area (Å²) in [6.07, 6.45) is 7.30. The third-order valence-electron chi connectivity index (χ3n) is 4.14. The van der Waals surface area contributed by atoms with Crippen molar-refractivity contribution in [3.05, 3.63) is 35.4 Å². The molecular weight excluding hydrogens is 261 g/mol. The van der Waals surface area contributed by atoms with E-state index in [1.165, 1.54) is 17.5 Å². The largest absolute Gasteiger partial charge is 0.351 e. The molecule has 1 amide bonds. The van der Waals surface area contributed by atoms with Gasteiger partial charge in [0, 0.05) is 30.5 Å². The molecule has 1 atom stereocenters. The van der Waals surface area contributed by atoms with Crippen molar-refractivity contribution in [3.8, 4) is 0 Å². The first-order chi connectivity index (χ1) is 8.27. The molecule has 0 bridgehead atoms. The van der Waals surface area contributed by atoms with Crippen molar-refractivity contribution in [2.24, 2.45) is 0 Å². The molecule has 2 aliphatic rings. The number of hydrogen-bond acceptors (Lipinski definition) is 1. The van der Waals surface area contributed by atoms with E-state index in [0.717, 1.165) is 32.1 Å². The van der Waals surface area contributed by atoms with Gasteiger partial charge in [-0.1, -0.05) is 12.8 Å². The maximum Gasteiger partial charge on any atom is 0.220 e. The van der Waals surface area contributed by atoms with Gasteiger partial charge in [0.25, 0.3) is 0 Å². The summed E-state index contributed by atoms with van der Waals surface area (Å²) in [5.41, 5.74) is 2.86. The maximum atomic E-state index is 11.6. The minimum absolute atomic E-state index is 0. The molecule has 1 aliphatic carbocycles. The first kappa shape index (κ1) is 13.7. The second-order valence-electron chi connectivity index (χ2n) is 5.41. The average Bonchev–Trinajstić information content (AvgIpc) is 2.47. The van der Waals surface area contributed by atoms with Gasteiger partial charge in [-0.25, -0.2) is 0 Å². The van der Waals surface area contributed by atoms with Crippen LogP contribution in [0.1, 0.15) is 43.2 Å². The molecule has 0 saturated carbocycles. The van der Waals surface area contributed by atoms with Crippen LogP contribution < -0.4 is 5.32 Å². The molecule has 1 N–H and O–H groups in total. The zero-order valence-corrected chi connectivity index (χ0v) is 11.9. The van der Waals surface area contributed by atoms with E-state index < -0.39 is 0 Å². The molecule has 3 rings (SSSR count). The Bertz CT molecular complexity index is 446. The summed E-state index contributed by atoms with van der Waals surface area (Å²) in [7, 11) is 0. The summed E-state index contributed by atoms with van der Waals surface area (Å²) >= 11 is 0. The summed E-state index contributed by atoms with van der Waals surface area (Å²) in [6, 6.07) is 9.45. The number of fused-ring (bicyclic) bond motifs is 1. The van der Waals surface area contributed by atoms with Crippen molar-refractivity contribution in [1.29, 1.82) is 0 Å². The van der Waals surface area contributed by atoms with Crippen LogP contribution in [0.15, 0.2) is 18.2 Å². The van der Waals surface area contributed by atoms with Crippen LogP contribution in [0, 0.1) is 6.07 Å². The van der Waals surface area contributed by atoms with Gasteiger partial charge in [-0.15, -0.1) is 0 Å². The molecule has 2 nitrogen and oxygen atoms in total. The van der Waals surface area contributed by atoms with E-state index in [-0.39, 0.29) is 30.0 Å². The first-order valence-corrected chi connectivity index (χ1v) is 6.56. The van der Waals surface area contributed by atoms with Gasteiger partial charge in [-0.2, -0.15) is 35.4 Å². The summed E-state index contributed by atoms with van der Waals surface area (Å²) in [5.74, 6) is 0.236. The Labute approximate surface area is 120 Å². The van der Waals surface area contributed by atoms with Crippen molar-refractivity contribution >= 4 is 5.91 Å². The Morgan fingerprint density at radius 3 is 2.72 bits per heavy atom. The number of piperidine rings is 1. The Kier molecular flexibility index (Phi) is 4.19. The van der Waals surface area contributed by atoms with Crippen LogP contribution in [0.5, 0.6) is 0 Å². The fraction of sp³-hybridized carbons (Fsp3) is 0.533. The average molecular weight is 279 g/mol. The Morgan fingerprint density at radius 2 is 1.94 bits per heavy atom. The topological polar surface area (TPSA) is 29.1 Å². The normalized spacial score (nSPS) is 26.8. The Balaban J connectivity index is 0.00000120. The van der Waals surface area contributed by atoms with Gasteiger partial charge in [0.2, 0.25) is 5.91 Å². The van der Waals surface area contributed by atoms with E-state index in [2.05, 4.69) is 23.5 Å². The summed E-state index contributed by atoms with van der Waals surface area (Å²) in [6.45, 7) is 0. The van der Waals surface area contributed by atoms with Gasteiger partial charge >= 0.3 is 0 Å². The van der Waals surface area contributed by atoms with Crippen LogP contribution in [0.4, 0.5) is 0 Å². The molecule has 1 heterocycles. The SMILES string of the molecule is O=C1CCCC2(CCCc3cc[c-]cc3C2)N1.[V]. The third kappa shape index (κ3) is 2.65. The second-order valence-corrected chi connectivity index (χ2v) is 5.41. The van der Waals surface area contributed by atoms with Gasteiger partial charge in [0.05, 0.1) is 0 Å². The van der Waals surface area contributed by atoms with Gasteiger partial charge in [-0.05, 0) is 25.7 Å². The van der Waals surface area contributed by atoms with Crippen LogP contribution in [-0.4, -0.2) is 11.4 Å². The van der Waals surface area contributed by atoms with Gasteiger partial charge < -0.3 is 5.32 Å². The summed E-state index contributed by atoms with van der Waals surface area (Å²) < 4.78 is 0. The number of carbonyl (C=O) groups is 1. The standard InChI is InChI=1S/C15H18NO.V/c17-14-8-4-10-15(16-14)9-3-7-12-5-1-2-6-13(12)11-15;/h1,5-6H,3-4,7-11H2,(H,16,17);/q-1;. The van der Waals surface area contributed by atoms with E-state index in [1.807, 2.05) is 6.07 Å². The fourth-order valence-electron chi connectivity index (χ4n) is 3.30. The molecule has 1 unspecified atom stereocenters. The number of nitrogens with one attached hydrogen (secondary N) is 1. The fourth-order valence-corrected chi connectivity index (χ4v) is 3.30. The number of benzene rings is 1. The Hall–Kier alpha value is -0.726. The number of aryl methyl sites for hydroxylation is 1. The number of rotatable bonds is 0. The van der Waals surface area contributed by atoms with Gasteiger partial charge in [0.15, 0.2) is 0 Å². The Morgan fingerprint density at radius 1 is 1.17 bits per heavy atom. The molecule has 1 aromatic rings. The van der Waals surface area contributed by atoms with E-state index in [1.54, 1.807) is 0 Å². The molecule has 1 aromatic carbocycles. The maximum absolute atomic E-state index is 11.6. The molecule has 18 heavy (non-hydrogen) atoms. The number of amides is 1. The molecule has 1 fully saturated rings. The van der Waals surface area contributed by atoms with Crippen LogP contribution >= 0.6 is 0 Å². The molecular formula is C15H18NOV-. The van der Waals surface area contributed by atoms with Gasteiger partial charge in [0.1, 0.15) is 0 Å². The summed E-state index contributed by atoms with van der Waals surface area (Å²) in [4.78, 5) is 11.6. The molecule has 1 spiro atoms. The molecule has 1 radical (unpaired) electrons. The minimum Gasteiger partial charge on any atom is -0.351 e. The van der Waals surface area contributed by atoms with E-state index in [9.17, 15) is 4.79 Å². The van der Waals surface area contributed by atoms with Crippen molar-refractivity contribution in [1.82, 2.24) is 5.32 Å². The van der Waals surface area contributed by atoms with E-state index in [4.69, 9.17) is 0 Å². The molecule has 3 heteroatoms. The zero-order valence-electron chi connectivity index (χ0n) is 10.5. The minimum atomic E-state index is 0. The van der Waals surface area contributed by atoms with Crippen LogP contribution in [-0.2, 0) is 36.2 Å². The molecule has 1 saturated heterocycles. The zero-order chi connectivity index (χ0) is 11.7. The van der Waals surface area contributed by atoms with Crippen LogP contribution in [0.3, 0.4) is 0 Å². The van der Waals surface area contributed by atoms with Crippen molar-refractivity contribution < 1.29 is 23.4 Å². The predicted octanol–water partition coefficient (Wildman–Crippen LogP) is 2.40. The molecule has 95 valence electrons. The smallest absolute Gasteiger partial charge is 0.220 e. The van der Waals surface area contributed by atoms with Crippen LogP contribution in [0.25, 0.3) is 0 Å². The third-order valence-corrected chi connectivity index (χ3v) is 4.14. The van der Waals surface area contributed by atoms with Crippen LogP contribution in [0.2, 0.25) is 0 Å². The van der Waals surface area contributed by atoms with Gasteiger partial charge in [-0.3, -0.25) is 4.79 Å². The monoisotopic (exact) mass is 279 g/mol.